The third-order valence-corrected chi connectivity index (χ3v) is 5.52. The summed E-state index contributed by atoms with van der Waals surface area (Å²) >= 11 is 0. The Morgan fingerprint density at radius 2 is 1.94 bits per heavy atom. The van der Waals surface area contributed by atoms with Crippen molar-refractivity contribution < 1.29 is 18.0 Å². The van der Waals surface area contributed by atoms with Gasteiger partial charge in [0.1, 0.15) is 5.69 Å². The smallest absolute Gasteiger partial charge is 0.364 e. The molecule has 0 spiro atoms. The zero-order chi connectivity index (χ0) is 23.0. The van der Waals surface area contributed by atoms with E-state index in [0.717, 1.165) is 17.5 Å². The predicted molar refractivity (Wildman–Crippen MR) is 112 cm³/mol. The number of hydrogen-bond donors (Lipinski definition) is 2. The molecule has 1 aliphatic carbocycles. The second-order valence-electron chi connectivity index (χ2n) is 7.88. The van der Waals surface area contributed by atoms with Gasteiger partial charge in [0.05, 0.1) is 17.3 Å². The normalized spacial score (nSPS) is 14.7. The number of nitriles is 1. The number of alkyl halides is 3. The Morgan fingerprint density at radius 1 is 1.22 bits per heavy atom. The molecule has 1 amide bonds. The molecule has 4 rings (SSSR count). The van der Waals surface area contributed by atoms with Gasteiger partial charge >= 0.3 is 6.18 Å². The maximum atomic E-state index is 14.1. The van der Waals surface area contributed by atoms with Gasteiger partial charge in [-0.25, -0.2) is 4.68 Å². The summed E-state index contributed by atoms with van der Waals surface area (Å²) in [6.45, 7) is 0. The summed E-state index contributed by atoms with van der Waals surface area (Å²) in [5.74, 6) is -0.622. The molecule has 32 heavy (non-hydrogen) atoms. The Labute approximate surface area is 182 Å². The summed E-state index contributed by atoms with van der Waals surface area (Å²) in [5.41, 5.74) is 10.9. The van der Waals surface area contributed by atoms with E-state index in [2.05, 4.69) is 5.10 Å². The van der Waals surface area contributed by atoms with Crippen LogP contribution in [0.25, 0.3) is 16.8 Å². The molecule has 0 radical (unpaired) electrons. The molecular formula is C23H20F3N5O. The van der Waals surface area contributed by atoms with E-state index in [1.807, 2.05) is 6.07 Å². The minimum absolute atomic E-state index is 0.120. The summed E-state index contributed by atoms with van der Waals surface area (Å²) in [7, 11) is 0. The molecule has 4 N–H and O–H groups in total. The third kappa shape index (κ3) is 4.09. The first-order chi connectivity index (χ1) is 15.2. The van der Waals surface area contributed by atoms with Crippen molar-refractivity contribution in [3.8, 4) is 22.9 Å². The van der Waals surface area contributed by atoms with E-state index in [1.54, 1.807) is 18.2 Å². The molecule has 0 saturated heterocycles. The summed E-state index contributed by atoms with van der Waals surface area (Å²) in [5, 5.41) is 12.9. The highest BCUT2D eigenvalue weighted by atomic mass is 19.4. The Kier molecular flexibility index (Phi) is 5.48. The number of halogens is 3. The van der Waals surface area contributed by atoms with Crippen molar-refractivity contribution in [2.24, 2.45) is 17.4 Å². The van der Waals surface area contributed by atoms with E-state index in [1.165, 1.54) is 30.3 Å². The van der Waals surface area contributed by atoms with Crippen LogP contribution in [0.4, 0.5) is 13.2 Å². The van der Waals surface area contributed by atoms with Gasteiger partial charge in [-0.15, -0.1) is 0 Å². The monoisotopic (exact) mass is 439 g/mol. The van der Waals surface area contributed by atoms with Crippen LogP contribution < -0.4 is 11.5 Å². The lowest BCUT2D eigenvalue weighted by atomic mass is 9.91. The van der Waals surface area contributed by atoms with E-state index < -0.39 is 35.1 Å². The molecule has 2 aromatic carbocycles. The van der Waals surface area contributed by atoms with Gasteiger partial charge in [-0.05, 0) is 41.7 Å². The first-order valence-electron chi connectivity index (χ1n) is 10.1. The van der Waals surface area contributed by atoms with Crippen LogP contribution in [0, 0.1) is 17.2 Å². The van der Waals surface area contributed by atoms with Crippen molar-refractivity contribution >= 4 is 5.91 Å². The van der Waals surface area contributed by atoms with Crippen molar-refractivity contribution in [2.45, 2.75) is 31.5 Å². The summed E-state index contributed by atoms with van der Waals surface area (Å²) in [6, 6.07) is 13.7. The first kappa shape index (κ1) is 21.6. The van der Waals surface area contributed by atoms with Crippen molar-refractivity contribution in [3.05, 3.63) is 71.0 Å². The maximum absolute atomic E-state index is 14.1. The van der Waals surface area contributed by atoms with Gasteiger partial charge in [-0.2, -0.15) is 23.5 Å². The number of rotatable bonds is 6. The van der Waals surface area contributed by atoms with E-state index in [-0.39, 0.29) is 16.8 Å². The second kappa shape index (κ2) is 8.13. The summed E-state index contributed by atoms with van der Waals surface area (Å²) in [4.78, 5) is 12.5. The summed E-state index contributed by atoms with van der Waals surface area (Å²) < 4.78 is 43.1. The topological polar surface area (TPSA) is 111 Å². The molecule has 3 aromatic rings. The van der Waals surface area contributed by atoms with Gasteiger partial charge in [-0.3, -0.25) is 4.79 Å². The molecule has 1 aromatic heterocycles. The molecule has 0 bridgehead atoms. The number of nitrogens with two attached hydrogens (primary N) is 2. The number of amides is 1. The molecule has 164 valence electrons. The van der Waals surface area contributed by atoms with Crippen LogP contribution in [0.15, 0.2) is 48.5 Å². The number of benzene rings is 2. The number of carbonyl (C=O) groups excluding carboxylic acids is 1. The Bertz CT molecular complexity index is 1220. The van der Waals surface area contributed by atoms with E-state index in [4.69, 9.17) is 16.7 Å². The van der Waals surface area contributed by atoms with Crippen LogP contribution in [0.5, 0.6) is 0 Å². The van der Waals surface area contributed by atoms with E-state index >= 15 is 0 Å². The van der Waals surface area contributed by atoms with Crippen molar-refractivity contribution in [1.82, 2.24) is 9.78 Å². The van der Waals surface area contributed by atoms with Gasteiger partial charge in [0.15, 0.2) is 5.69 Å². The number of hydrogen-bond acceptors (Lipinski definition) is 4. The van der Waals surface area contributed by atoms with Crippen LogP contribution in [-0.2, 0) is 6.18 Å². The molecular weight excluding hydrogens is 419 g/mol. The lowest BCUT2D eigenvalue weighted by molar-refractivity contribution is -0.140. The van der Waals surface area contributed by atoms with E-state index in [9.17, 15) is 18.0 Å². The Morgan fingerprint density at radius 3 is 2.56 bits per heavy atom. The Hall–Kier alpha value is -3.64. The number of aromatic nitrogens is 2. The van der Waals surface area contributed by atoms with Crippen molar-refractivity contribution in [3.63, 3.8) is 0 Å². The van der Waals surface area contributed by atoms with Crippen molar-refractivity contribution in [1.29, 1.82) is 5.26 Å². The van der Waals surface area contributed by atoms with Crippen LogP contribution in [0.2, 0.25) is 0 Å². The molecule has 0 aliphatic heterocycles. The summed E-state index contributed by atoms with van der Waals surface area (Å²) in [6.07, 6.45) is -2.12. The lowest BCUT2D eigenvalue weighted by Gasteiger charge is -2.18. The van der Waals surface area contributed by atoms with Crippen LogP contribution in [0.3, 0.4) is 0 Å². The fourth-order valence-electron chi connectivity index (χ4n) is 3.88. The maximum Gasteiger partial charge on any atom is 0.435 e. The minimum atomic E-state index is -4.86. The number of nitrogens with zero attached hydrogens (tertiary/aromatic N) is 3. The number of carbonyl (C=O) groups is 1. The highest BCUT2D eigenvalue weighted by Crippen LogP contribution is 2.43. The third-order valence-electron chi connectivity index (χ3n) is 5.52. The fraction of sp³-hybridized carbons (Fsp3) is 0.261. The zero-order valence-corrected chi connectivity index (χ0v) is 16.9. The number of primary amides is 1. The van der Waals surface area contributed by atoms with Gasteiger partial charge in [0.25, 0.3) is 5.91 Å². The predicted octanol–water partition coefficient (Wildman–Crippen LogP) is 4.33. The fourth-order valence-corrected chi connectivity index (χ4v) is 3.88. The highest BCUT2D eigenvalue weighted by molar-refractivity contribution is 6.00. The zero-order valence-electron chi connectivity index (χ0n) is 16.9. The average Bonchev–Trinajstić information content (AvgIpc) is 3.47. The Balaban J connectivity index is 1.99. The van der Waals surface area contributed by atoms with Crippen molar-refractivity contribution in [2.75, 3.05) is 0 Å². The molecule has 6 nitrogen and oxygen atoms in total. The molecule has 1 unspecified atom stereocenters. The standard InChI is InChI=1S/C23H20F3N5O/c24-23(25,26)21-19(17-7-2-1-6-16(17)18(28)11-13-8-9-13)20(22(29)32)31(30-21)15-5-3-4-14(10-15)12-27/h1-7,10,13,18H,8-9,11,28H2,(H2,29,32). The van der Waals surface area contributed by atoms with Gasteiger partial charge in [0, 0.05) is 11.6 Å². The molecule has 1 heterocycles. The average molecular weight is 439 g/mol. The van der Waals surface area contributed by atoms with E-state index in [0.29, 0.717) is 17.9 Å². The first-order valence-corrected chi connectivity index (χ1v) is 10.1. The largest absolute Gasteiger partial charge is 0.435 e. The highest BCUT2D eigenvalue weighted by Gasteiger charge is 2.42. The molecule has 1 atom stereocenters. The molecule has 9 heteroatoms. The van der Waals surface area contributed by atoms with Gasteiger partial charge in [-0.1, -0.05) is 43.2 Å². The lowest BCUT2D eigenvalue weighted by Crippen LogP contribution is -2.19. The molecule has 1 saturated carbocycles. The van der Waals surface area contributed by atoms with Crippen LogP contribution in [-0.4, -0.2) is 15.7 Å². The SMILES string of the molecule is N#Cc1cccc(-n2nc(C(F)(F)F)c(-c3ccccc3C(N)CC3CC3)c2C(N)=O)c1. The van der Waals surface area contributed by atoms with Crippen LogP contribution >= 0.6 is 0 Å². The quantitative estimate of drug-likeness (QED) is 0.596. The minimum Gasteiger partial charge on any atom is -0.364 e. The second-order valence-corrected chi connectivity index (χ2v) is 7.88. The van der Waals surface area contributed by atoms with Crippen LogP contribution in [0.1, 0.15) is 52.6 Å². The van der Waals surface area contributed by atoms with Gasteiger partial charge < -0.3 is 11.5 Å². The molecule has 1 fully saturated rings. The van der Waals surface area contributed by atoms with Gasteiger partial charge in [0.2, 0.25) is 0 Å². The molecule has 1 aliphatic rings.